The summed E-state index contributed by atoms with van der Waals surface area (Å²) in [6.07, 6.45) is 0.566. The van der Waals surface area contributed by atoms with Crippen LogP contribution in [0.25, 0.3) is 0 Å². The Kier molecular flexibility index (Phi) is 3.10. The van der Waals surface area contributed by atoms with Gasteiger partial charge >= 0.3 is 0 Å². The summed E-state index contributed by atoms with van der Waals surface area (Å²) in [6, 6.07) is 1.73. The molecule has 1 atom stereocenters. The van der Waals surface area contributed by atoms with E-state index in [1.54, 1.807) is 11.4 Å². The Balaban J connectivity index is 2.55. The molecule has 0 amide bonds. The molecule has 2 rings (SSSR count). The van der Waals surface area contributed by atoms with Gasteiger partial charge in [0, 0.05) is 19.2 Å². The smallest absolute Gasteiger partial charge is 0.252 e. The van der Waals surface area contributed by atoms with Gasteiger partial charge in [0.2, 0.25) is 0 Å². The largest absolute Gasteiger partial charge is 0.384 e. The molecule has 0 spiro atoms. The molecular weight excluding hydrogens is 258 g/mol. The van der Waals surface area contributed by atoms with Crippen molar-refractivity contribution >= 4 is 21.4 Å². The Morgan fingerprint density at radius 3 is 2.82 bits per heavy atom. The van der Waals surface area contributed by atoms with Crippen molar-refractivity contribution in [1.82, 2.24) is 4.31 Å². The number of β-amino-alcohol motifs (C(OH)–C–C–N with tert-alkyl or cyclic N) is 1. The molecule has 4 nitrogen and oxygen atoms in total. The van der Waals surface area contributed by atoms with Crippen LogP contribution in [0, 0.1) is 5.92 Å². The number of hydrogen-bond donors (Lipinski definition) is 1. The first-order valence-electron chi connectivity index (χ1n) is 5.54. The van der Waals surface area contributed by atoms with Crippen LogP contribution >= 0.6 is 11.3 Å². The highest BCUT2D eigenvalue weighted by molar-refractivity contribution is 7.91. The molecule has 0 fully saturated rings. The van der Waals surface area contributed by atoms with E-state index in [9.17, 15) is 13.5 Å². The maximum absolute atomic E-state index is 12.1. The highest BCUT2D eigenvalue weighted by Crippen LogP contribution is 2.42. The van der Waals surface area contributed by atoms with E-state index in [0.717, 1.165) is 0 Å². The first-order chi connectivity index (χ1) is 7.77. The molecule has 17 heavy (non-hydrogen) atoms. The zero-order valence-corrected chi connectivity index (χ0v) is 11.8. The summed E-state index contributed by atoms with van der Waals surface area (Å²) in [6.45, 7) is 4.18. The second kappa shape index (κ2) is 4.05. The van der Waals surface area contributed by atoms with E-state index in [4.69, 9.17) is 0 Å². The molecule has 96 valence electrons. The lowest BCUT2D eigenvalue weighted by Crippen LogP contribution is -2.47. The van der Waals surface area contributed by atoms with Gasteiger partial charge in [0.25, 0.3) is 10.0 Å². The predicted molar refractivity (Wildman–Crippen MR) is 67.5 cm³/mol. The highest BCUT2D eigenvalue weighted by atomic mass is 32.2. The van der Waals surface area contributed by atoms with Gasteiger partial charge in [-0.25, -0.2) is 8.42 Å². The van der Waals surface area contributed by atoms with Crippen molar-refractivity contribution in [2.45, 2.75) is 30.1 Å². The maximum atomic E-state index is 12.1. The van der Waals surface area contributed by atoms with Crippen LogP contribution in [0.15, 0.2) is 15.7 Å². The van der Waals surface area contributed by atoms with Crippen molar-refractivity contribution < 1.29 is 13.5 Å². The minimum absolute atomic E-state index is 0.136. The number of hydrogen-bond acceptors (Lipinski definition) is 4. The van der Waals surface area contributed by atoms with Crippen LogP contribution in [0.1, 0.15) is 25.8 Å². The van der Waals surface area contributed by atoms with Crippen molar-refractivity contribution in [2.75, 3.05) is 13.6 Å². The molecule has 0 saturated carbocycles. The molecule has 0 saturated heterocycles. The van der Waals surface area contributed by atoms with E-state index in [1.807, 2.05) is 13.8 Å². The average Bonchev–Trinajstić information content (AvgIpc) is 2.63. The molecule has 2 heterocycles. The topological polar surface area (TPSA) is 57.6 Å². The normalized spacial score (nSPS) is 28.3. The monoisotopic (exact) mass is 275 g/mol. The summed E-state index contributed by atoms with van der Waals surface area (Å²) >= 11 is 1.18. The van der Waals surface area contributed by atoms with E-state index in [-0.39, 0.29) is 10.8 Å². The highest BCUT2D eigenvalue weighted by Gasteiger charge is 2.45. The zero-order chi connectivity index (χ0) is 12.8. The van der Waals surface area contributed by atoms with Crippen LogP contribution in [0.4, 0.5) is 0 Å². The molecule has 1 aliphatic rings. The van der Waals surface area contributed by atoms with Gasteiger partial charge in [0.15, 0.2) is 0 Å². The van der Waals surface area contributed by atoms with Crippen molar-refractivity contribution in [3.05, 3.63) is 17.0 Å². The molecule has 1 unspecified atom stereocenters. The Labute approximate surface area is 106 Å². The molecule has 0 aromatic carbocycles. The predicted octanol–water partition coefficient (Wildman–Crippen LogP) is 1.62. The van der Waals surface area contributed by atoms with Crippen LogP contribution in [0.2, 0.25) is 0 Å². The molecule has 6 heteroatoms. The minimum atomic E-state index is -3.39. The fourth-order valence-electron chi connectivity index (χ4n) is 2.37. The SMILES string of the molecule is CC(C)CC1(O)CN(C)S(=O)(=O)c2sccc21. The van der Waals surface area contributed by atoms with Gasteiger partial charge in [-0.15, -0.1) is 11.3 Å². The number of fused-ring (bicyclic) bond motifs is 1. The van der Waals surface area contributed by atoms with Crippen LogP contribution in [-0.4, -0.2) is 31.4 Å². The molecule has 0 bridgehead atoms. The number of aliphatic hydroxyl groups is 1. The van der Waals surface area contributed by atoms with Gasteiger partial charge in [-0.1, -0.05) is 13.8 Å². The number of likely N-dealkylation sites (N-methyl/N-ethyl adjacent to an activating group) is 1. The van der Waals surface area contributed by atoms with Gasteiger partial charge in [-0.3, -0.25) is 0 Å². The average molecular weight is 275 g/mol. The van der Waals surface area contributed by atoms with Crippen molar-refractivity contribution in [2.24, 2.45) is 5.92 Å². The Morgan fingerprint density at radius 1 is 1.59 bits per heavy atom. The molecule has 1 aliphatic heterocycles. The summed E-state index contributed by atoms with van der Waals surface area (Å²) in [5.41, 5.74) is -0.488. The summed E-state index contributed by atoms with van der Waals surface area (Å²) in [5.74, 6) is 0.307. The Morgan fingerprint density at radius 2 is 2.24 bits per heavy atom. The molecular formula is C11H17NO3S2. The lowest BCUT2D eigenvalue weighted by Gasteiger charge is -2.37. The van der Waals surface area contributed by atoms with E-state index in [0.29, 0.717) is 17.9 Å². The van der Waals surface area contributed by atoms with Crippen molar-refractivity contribution in [1.29, 1.82) is 0 Å². The molecule has 1 aromatic rings. The molecule has 0 radical (unpaired) electrons. The second-order valence-electron chi connectivity index (χ2n) is 5.01. The van der Waals surface area contributed by atoms with E-state index in [1.165, 1.54) is 22.7 Å². The zero-order valence-electron chi connectivity index (χ0n) is 10.2. The first kappa shape index (κ1) is 13.0. The minimum Gasteiger partial charge on any atom is -0.384 e. The van der Waals surface area contributed by atoms with Crippen LogP contribution in [0.3, 0.4) is 0 Å². The molecule has 1 N–H and O–H groups in total. The van der Waals surface area contributed by atoms with Crippen molar-refractivity contribution in [3.63, 3.8) is 0 Å². The van der Waals surface area contributed by atoms with E-state index in [2.05, 4.69) is 0 Å². The fraction of sp³-hybridized carbons (Fsp3) is 0.636. The third kappa shape index (κ3) is 2.03. The standard InChI is InChI=1S/C11H17NO3S2/c1-8(2)6-11(13)7-12(3)17(14,15)10-9(11)4-5-16-10/h4-5,8,13H,6-7H2,1-3H3. The number of thiophene rings is 1. The third-order valence-corrected chi connectivity index (χ3v) is 6.27. The lowest BCUT2D eigenvalue weighted by molar-refractivity contribution is -0.00349. The number of sulfonamides is 1. The van der Waals surface area contributed by atoms with Gasteiger partial charge in [0.1, 0.15) is 9.81 Å². The van der Waals surface area contributed by atoms with Gasteiger partial charge in [-0.2, -0.15) is 4.31 Å². The van der Waals surface area contributed by atoms with E-state index >= 15 is 0 Å². The maximum Gasteiger partial charge on any atom is 0.252 e. The summed E-state index contributed by atoms with van der Waals surface area (Å²) < 4.78 is 25.7. The quantitative estimate of drug-likeness (QED) is 0.892. The van der Waals surface area contributed by atoms with Gasteiger partial charge < -0.3 is 5.11 Å². The summed E-state index contributed by atoms with van der Waals surface area (Å²) in [4.78, 5) is 0. The molecule has 1 aromatic heterocycles. The van der Waals surface area contributed by atoms with Crippen LogP contribution in [-0.2, 0) is 15.6 Å². The molecule has 0 aliphatic carbocycles. The number of rotatable bonds is 2. The number of nitrogens with zero attached hydrogens (tertiary/aromatic N) is 1. The van der Waals surface area contributed by atoms with Crippen LogP contribution in [0.5, 0.6) is 0 Å². The van der Waals surface area contributed by atoms with Gasteiger partial charge in [0.05, 0.1) is 0 Å². The lowest BCUT2D eigenvalue weighted by atomic mass is 9.87. The van der Waals surface area contributed by atoms with Crippen LogP contribution < -0.4 is 0 Å². The second-order valence-corrected chi connectivity index (χ2v) is 8.17. The first-order valence-corrected chi connectivity index (χ1v) is 7.86. The third-order valence-electron chi connectivity index (χ3n) is 3.01. The summed E-state index contributed by atoms with van der Waals surface area (Å²) in [7, 11) is -1.88. The van der Waals surface area contributed by atoms with Gasteiger partial charge in [-0.05, 0) is 23.8 Å². The Hall–Kier alpha value is -0.430. The fourth-order valence-corrected chi connectivity index (χ4v) is 5.32. The van der Waals surface area contributed by atoms with E-state index < -0.39 is 15.6 Å². The van der Waals surface area contributed by atoms with Crippen molar-refractivity contribution in [3.8, 4) is 0 Å². The Bertz CT molecular complexity index is 521. The summed E-state index contributed by atoms with van der Waals surface area (Å²) in [5, 5.41) is 12.4.